The van der Waals surface area contributed by atoms with Crippen LogP contribution in [0.4, 0.5) is 0 Å². The smallest absolute Gasteiger partial charge is 0.256 e. The number of benzene rings is 1. The molecule has 0 aliphatic carbocycles. The Hall–Kier alpha value is -2.41. The molecule has 2 aromatic rings. The second-order valence-electron chi connectivity index (χ2n) is 5.39. The molecule has 1 aromatic carbocycles. The zero-order valence-corrected chi connectivity index (χ0v) is 12.8. The number of hydrogen-bond acceptors (Lipinski definition) is 4. The van der Waals surface area contributed by atoms with Crippen molar-refractivity contribution in [2.45, 2.75) is 0 Å². The van der Waals surface area contributed by atoms with Crippen molar-refractivity contribution >= 4 is 32.3 Å². The maximum atomic E-state index is 11.8. The molecule has 0 fully saturated rings. The first-order valence-electron chi connectivity index (χ1n) is 6.94. The number of allylic oxidation sites excluding steroid dienone is 2. The molecule has 3 heterocycles. The summed E-state index contributed by atoms with van der Waals surface area (Å²) in [6, 6.07) is 5.91. The van der Waals surface area contributed by atoms with E-state index in [2.05, 4.69) is 9.50 Å². The number of rotatable bonds is 1. The van der Waals surface area contributed by atoms with Gasteiger partial charge in [0.05, 0.1) is 11.3 Å². The predicted molar refractivity (Wildman–Crippen MR) is 85.8 cm³/mol. The van der Waals surface area contributed by atoms with Crippen LogP contribution in [0.5, 0.6) is 0 Å². The number of nitrogens with zero attached hydrogens (tertiary/aromatic N) is 4. The molecule has 0 N–H and O–H groups in total. The molecule has 0 radical (unpaired) electrons. The molecular weight excluding hydrogens is 300 g/mol. The largest absolute Gasteiger partial charge is 0.331 e. The molecule has 4 rings (SSSR count). The Morgan fingerprint density at radius 2 is 2.14 bits per heavy atom. The minimum Gasteiger partial charge on any atom is -0.331 e. The lowest BCUT2D eigenvalue weighted by Crippen LogP contribution is -2.37. The highest BCUT2D eigenvalue weighted by atomic mass is 32.2. The first-order chi connectivity index (χ1) is 10.5. The van der Waals surface area contributed by atoms with Crippen molar-refractivity contribution in [3.8, 4) is 0 Å². The van der Waals surface area contributed by atoms with Crippen molar-refractivity contribution < 1.29 is 8.42 Å². The Balaban J connectivity index is 1.87. The van der Waals surface area contributed by atoms with Crippen LogP contribution >= 0.6 is 0 Å². The van der Waals surface area contributed by atoms with Gasteiger partial charge in [-0.2, -0.15) is 5.10 Å². The molecule has 112 valence electrons. The van der Waals surface area contributed by atoms with Gasteiger partial charge in [-0.05, 0) is 23.8 Å². The number of amidine groups is 1. The van der Waals surface area contributed by atoms with Crippen LogP contribution in [-0.4, -0.2) is 41.2 Å². The summed E-state index contributed by atoms with van der Waals surface area (Å²) in [6.07, 6.45) is 7.61. The van der Waals surface area contributed by atoms with E-state index in [1.807, 2.05) is 54.7 Å². The summed E-state index contributed by atoms with van der Waals surface area (Å²) in [6.45, 7) is 0.431. The van der Waals surface area contributed by atoms with Crippen LogP contribution in [-0.2, 0) is 17.1 Å². The number of fused-ring (bicyclic) bond motifs is 2. The molecule has 1 aromatic heterocycles. The average Bonchev–Trinajstić information content (AvgIpc) is 2.84. The summed E-state index contributed by atoms with van der Waals surface area (Å²) in [5.41, 5.74) is 2.59. The predicted octanol–water partition coefficient (Wildman–Crippen LogP) is 1.53. The molecule has 2 aliphatic rings. The minimum absolute atomic E-state index is 0.0490. The molecule has 7 heteroatoms. The summed E-state index contributed by atoms with van der Waals surface area (Å²) in [4.78, 5) is 1.87. The van der Waals surface area contributed by atoms with E-state index in [-0.39, 0.29) is 5.75 Å². The molecule has 2 aliphatic heterocycles. The van der Waals surface area contributed by atoms with Crippen LogP contribution in [0.2, 0.25) is 0 Å². The third-order valence-corrected chi connectivity index (χ3v) is 4.94. The normalized spacial score (nSPS) is 19.8. The molecule has 22 heavy (non-hydrogen) atoms. The molecule has 0 atom stereocenters. The molecule has 0 saturated heterocycles. The van der Waals surface area contributed by atoms with Crippen LogP contribution in [0.15, 0.2) is 47.1 Å². The third kappa shape index (κ3) is 2.14. The van der Waals surface area contributed by atoms with E-state index < -0.39 is 10.0 Å². The zero-order valence-electron chi connectivity index (χ0n) is 12.0. The van der Waals surface area contributed by atoms with E-state index in [9.17, 15) is 8.42 Å². The van der Waals surface area contributed by atoms with E-state index in [0.29, 0.717) is 12.4 Å². The summed E-state index contributed by atoms with van der Waals surface area (Å²) >= 11 is 0. The van der Waals surface area contributed by atoms with Gasteiger partial charge < -0.3 is 4.90 Å². The zero-order chi connectivity index (χ0) is 15.3. The van der Waals surface area contributed by atoms with E-state index >= 15 is 0 Å². The fraction of sp³-hybridized carbons (Fsp3) is 0.200. The Kier molecular flexibility index (Phi) is 2.74. The fourth-order valence-electron chi connectivity index (χ4n) is 2.75. The van der Waals surface area contributed by atoms with Gasteiger partial charge in [-0.25, -0.2) is 8.42 Å². The second kappa shape index (κ2) is 4.54. The van der Waals surface area contributed by atoms with Gasteiger partial charge in [0.2, 0.25) is 0 Å². The molecule has 0 spiro atoms. The van der Waals surface area contributed by atoms with Crippen molar-refractivity contribution in [1.82, 2.24) is 14.7 Å². The first kappa shape index (κ1) is 13.3. The van der Waals surface area contributed by atoms with Gasteiger partial charge in [0.1, 0.15) is 0 Å². The fourth-order valence-corrected chi connectivity index (χ4v) is 3.73. The first-order valence-corrected chi connectivity index (χ1v) is 8.55. The van der Waals surface area contributed by atoms with E-state index in [1.165, 1.54) is 0 Å². The maximum absolute atomic E-state index is 11.8. The van der Waals surface area contributed by atoms with Gasteiger partial charge in [-0.1, -0.05) is 12.1 Å². The molecule has 0 bridgehead atoms. The summed E-state index contributed by atoms with van der Waals surface area (Å²) in [5.74, 6) is 0.539. The molecule has 0 saturated carbocycles. The van der Waals surface area contributed by atoms with Gasteiger partial charge >= 0.3 is 0 Å². The highest BCUT2D eigenvalue weighted by Crippen LogP contribution is 2.27. The van der Waals surface area contributed by atoms with Crippen molar-refractivity contribution in [3.63, 3.8) is 0 Å². The lowest BCUT2D eigenvalue weighted by molar-refractivity contribution is 0.550. The Bertz CT molecular complexity index is 967. The number of aromatic nitrogens is 2. The SMILES string of the molecule is Cn1cc2ccc(C3=CC=CN4CCS(=O)(=O)N=C34)cc2n1. The van der Waals surface area contributed by atoms with Crippen LogP contribution < -0.4 is 0 Å². The number of aryl methyl sites for hydroxylation is 1. The van der Waals surface area contributed by atoms with Crippen molar-refractivity contribution in [2.24, 2.45) is 11.4 Å². The Labute approximate surface area is 128 Å². The minimum atomic E-state index is -3.38. The quantitative estimate of drug-likeness (QED) is 0.800. The van der Waals surface area contributed by atoms with Gasteiger partial charge in [-0.3, -0.25) is 4.68 Å². The van der Waals surface area contributed by atoms with Gasteiger partial charge in [-0.15, -0.1) is 4.40 Å². The number of hydrogen-bond donors (Lipinski definition) is 0. The van der Waals surface area contributed by atoms with Gasteiger partial charge in [0.15, 0.2) is 5.84 Å². The molecule has 0 unspecified atom stereocenters. The standard InChI is InChI=1S/C15H14N4O2S/c1-18-10-12-5-4-11(9-14(12)16-18)13-3-2-6-19-7-8-22(20,21)17-15(13)19/h2-6,9-10H,7-8H2,1H3. The monoisotopic (exact) mass is 314 g/mol. The summed E-state index contributed by atoms with van der Waals surface area (Å²) in [5, 5.41) is 5.45. The maximum Gasteiger partial charge on any atom is 0.256 e. The number of sulfonamides is 1. The van der Waals surface area contributed by atoms with E-state index in [0.717, 1.165) is 22.0 Å². The van der Waals surface area contributed by atoms with E-state index in [4.69, 9.17) is 0 Å². The highest BCUT2D eigenvalue weighted by Gasteiger charge is 2.27. The Morgan fingerprint density at radius 1 is 1.27 bits per heavy atom. The van der Waals surface area contributed by atoms with Crippen LogP contribution in [0.3, 0.4) is 0 Å². The second-order valence-corrected chi connectivity index (χ2v) is 7.15. The third-order valence-electron chi connectivity index (χ3n) is 3.79. The topological polar surface area (TPSA) is 67.6 Å². The summed E-state index contributed by atoms with van der Waals surface area (Å²) in [7, 11) is -1.50. The Morgan fingerprint density at radius 3 is 3.00 bits per heavy atom. The van der Waals surface area contributed by atoms with Crippen LogP contribution in [0.1, 0.15) is 5.56 Å². The van der Waals surface area contributed by atoms with Crippen molar-refractivity contribution in [1.29, 1.82) is 0 Å². The van der Waals surface area contributed by atoms with Gasteiger partial charge in [0.25, 0.3) is 10.0 Å². The molecule has 0 amide bonds. The van der Waals surface area contributed by atoms with Crippen molar-refractivity contribution in [2.75, 3.05) is 12.3 Å². The molecule has 6 nitrogen and oxygen atoms in total. The highest BCUT2D eigenvalue weighted by molar-refractivity contribution is 7.90. The summed E-state index contributed by atoms with van der Waals surface area (Å²) < 4.78 is 29.3. The van der Waals surface area contributed by atoms with E-state index in [1.54, 1.807) is 4.68 Å². The van der Waals surface area contributed by atoms with Crippen LogP contribution in [0, 0.1) is 0 Å². The van der Waals surface area contributed by atoms with Crippen molar-refractivity contribution in [3.05, 3.63) is 48.3 Å². The lowest BCUT2D eigenvalue weighted by Gasteiger charge is -2.29. The van der Waals surface area contributed by atoms with Gasteiger partial charge in [0, 0.05) is 36.9 Å². The van der Waals surface area contributed by atoms with Crippen LogP contribution in [0.25, 0.3) is 16.5 Å². The molecular formula is C15H14N4O2S. The lowest BCUT2D eigenvalue weighted by atomic mass is 10.0. The average molecular weight is 314 g/mol.